The summed E-state index contributed by atoms with van der Waals surface area (Å²) in [5.41, 5.74) is 1.99. The Bertz CT molecular complexity index is 1560. The highest BCUT2D eigenvalue weighted by molar-refractivity contribution is 7.20. The van der Waals surface area contributed by atoms with Gasteiger partial charge in [0.05, 0.1) is 23.1 Å². The van der Waals surface area contributed by atoms with Crippen molar-refractivity contribution in [3.63, 3.8) is 0 Å². The van der Waals surface area contributed by atoms with E-state index in [-0.39, 0.29) is 36.6 Å². The average Bonchev–Trinajstić information content (AvgIpc) is 3.26. The van der Waals surface area contributed by atoms with Crippen LogP contribution >= 0.6 is 11.3 Å². The van der Waals surface area contributed by atoms with Crippen LogP contribution in [0.5, 0.6) is 11.5 Å². The fourth-order valence-electron chi connectivity index (χ4n) is 4.25. The molecule has 1 aliphatic rings. The van der Waals surface area contributed by atoms with Gasteiger partial charge < -0.3 is 20.1 Å². The van der Waals surface area contributed by atoms with Crippen molar-refractivity contribution >= 4 is 39.1 Å². The molecule has 0 spiro atoms. The van der Waals surface area contributed by atoms with Crippen LogP contribution in [0.2, 0.25) is 0 Å². The first-order chi connectivity index (χ1) is 18.3. The Morgan fingerprint density at radius 3 is 2.61 bits per heavy atom. The molecule has 196 valence electrons. The summed E-state index contributed by atoms with van der Waals surface area (Å²) in [6.45, 7) is 6.29. The largest absolute Gasteiger partial charge is 0.486 e. The summed E-state index contributed by atoms with van der Waals surface area (Å²) in [6, 6.07) is 15.0. The second-order valence-electron chi connectivity index (χ2n) is 9.45. The first-order valence-corrected chi connectivity index (χ1v) is 13.2. The normalized spacial score (nSPS) is 14.5. The summed E-state index contributed by atoms with van der Waals surface area (Å²) in [5.74, 6) is 1.05. The SMILES string of the molecule is Cc1c(C(=O)NCC2COc3ccccc3O2)sc2ncn(CC(=O)Nc3ccc(C(C)C)cc3)c(=O)c12. The Labute approximate surface area is 223 Å². The monoisotopic (exact) mass is 532 g/mol. The van der Waals surface area contributed by atoms with E-state index in [2.05, 4.69) is 29.5 Å². The molecule has 0 radical (unpaired) electrons. The number of fused-ring (bicyclic) bond motifs is 2. The van der Waals surface area contributed by atoms with Gasteiger partial charge in [-0.05, 0) is 48.2 Å². The number of ether oxygens (including phenoxy) is 2. The molecule has 38 heavy (non-hydrogen) atoms. The summed E-state index contributed by atoms with van der Waals surface area (Å²) >= 11 is 1.15. The molecule has 0 saturated carbocycles. The number of carbonyl (C=O) groups is 2. The fourth-order valence-corrected chi connectivity index (χ4v) is 5.30. The molecular weight excluding hydrogens is 504 g/mol. The van der Waals surface area contributed by atoms with E-state index in [9.17, 15) is 14.4 Å². The molecule has 0 fully saturated rings. The molecule has 1 unspecified atom stereocenters. The predicted octanol–water partition coefficient (Wildman–Crippen LogP) is 4.10. The Morgan fingerprint density at radius 2 is 1.87 bits per heavy atom. The molecule has 2 amide bonds. The third-order valence-corrected chi connectivity index (χ3v) is 7.55. The molecule has 2 aromatic carbocycles. The summed E-state index contributed by atoms with van der Waals surface area (Å²) in [6.07, 6.45) is 1.01. The zero-order chi connectivity index (χ0) is 26.8. The van der Waals surface area contributed by atoms with Gasteiger partial charge in [0.15, 0.2) is 11.5 Å². The van der Waals surface area contributed by atoms with Gasteiger partial charge in [-0.15, -0.1) is 11.3 Å². The minimum absolute atomic E-state index is 0.189. The van der Waals surface area contributed by atoms with E-state index in [4.69, 9.17) is 9.47 Å². The minimum Gasteiger partial charge on any atom is -0.486 e. The van der Waals surface area contributed by atoms with Crippen LogP contribution in [0.25, 0.3) is 10.2 Å². The molecule has 1 aliphatic heterocycles. The topological polar surface area (TPSA) is 112 Å². The van der Waals surface area contributed by atoms with Crippen molar-refractivity contribution in [3.05, 3.63) is 81.2 Å². The molecule has 5 rings (SSSR count). The highest BCUT2D eigenvalue weighted by atomic mass is 32.1. The first-order valence-electron chi connectivity index (χ1n) is 12.3. The fraction of sp³-hybridized carbons (Fsp3) is 0.286. The van der Waals surface area contributed by atoms with Gasteiger partial charge in [-0.1, -0.05) is 38.1 Å². The Kier molecular flexibility index (Phi) is 7.15. The highest BCUT2D eigenvalue weighted by Gasteiger charge is 2.24. The van der Waals surface area contributed by atoms with Crippen LogP contribution in [0, 0.1) is 6.92 Å². The molecule has 3 heterocycles. The molecule has 10 heteroatoms. The van der Waals surface area contributed by atoms with Crippen molar-refractivity contribution in [1.29, 1.82) is 0 Å². The zero-order valence-corrected chi connectivity index (χ0v) is 22.1. The number of para-hydroxylation sites is 2. The van der Waals surface area contributed by atoms with Gasteiger partial charge in [0.25, 0.3) is 11.5 Å². The summed E-state index contributed by atoms with van der Waals surface area (Å²) in [7, 11) is 0. The lowest BCUT2D eigenvalue weighted by Crippen LogP contribution is -2.40. The van der Waals surface area contributed by atoms with Gasteiger partial charge in [0.2, 0.25) is 5.91 Å². The number of nitrogens with one attached hydrogen (secondary N) is 2. The van der Waals surface area contributed by atoms with Gasteiger partial charge in [0, 0.05) is 5.69 Å². The van der Waals surface area contributed by atoms with E-state index in [1.165, 1.54) is 16.5 Å². The summed E-state index contributed by atoms with van der Waals surface area (Å²) in [5, 5.41) is 6.02. The maximum Gasteiger partial charge on any atom is 0.262 e. The third kappa shape index (κ3) is 5.26. The Morgan fingerprint density at radius 1 is 1.13 bits per heavy atom. The number of anilines is 1. The Balaban J connectivity index is 1.26. The molecule has 1 atom stereocenters. The first kappa shape index (κ1) is 25.5. The smallest absolute Gasteiger partial charge is 0.262 e. The number of rotatable bonds is 7. The number of carbonyl (C=O) groups excluding carboxylic acids is 2. The lowest BCUT2D eigenvalue weighted by atomic mass is 10.0. The van der Waals surface area contributed by atoms with Crippen LogP contribution in [0.4, 0.5) is 5.69 Å². The van der Waals surface area contributed by atoms with Crippen molar-refractivity contribution in [2.45, 2.75) is 39.3 Å². The second-order valence-corrected chi connectivity index (χ2v) is 10.4. The van der Waals surface area contributed by atoms with Gasteiger partial charge in [-0.2, -0.15) is 0 Å². The van der Waals surface area contributed by atoms with Crippen LogP contribution in [-0.2, 0) is 11.3 Å². The van der Waals surface area contributed by atoms with E-state index in [1.807, 2.05) is 48.5 Å². The zero-order valence-electron chi connectivity index (χ0n) is 21.3. The number of nitrogens with zero attached hydrogens (tertiary/aromatic N) is 2. The second kappa shape index (κ2) is 10.7. The van der Waals surface area contributed by atoms with E-state index in [1.54, 1.807) is 6.92 Å². The average molecular weight is 533 g/mol. The van der Waals surface area contributed by atoms with Crippen molar-refractivity contribution in [2.75, 3.05) is 18.5 Å². The lowest BCUT2D eigenvalue weighted by molar-refractivity contribution is -0.116. The number of benzene rings is 2. The summed E-state index contributed by atoms with van der Waals surface area (Å²) < 4.78 is 12.9. The Hall–Kier alpha value is -4.18. The standard InChI is InChI=1S/C28H28N4O5S/c1-16(2)18-8-10-19(11-9-18)31-23(33)13-32-15-30-27-24(28(32)35)17(3)25(38-27)26(34)29-12-20-14-36-21-6-4-5-7-22(21)37-20/h4-11,15-16,20H,12-14H2,1-3H3,(H,29,34)(H,31,33). The van der Waals surface area contributed by atoms with E-state index < -0.39 is 0 Å². The number of thiophene rings is 1. The number of hydrogen-bond donors (Lipinski definition) is 2. The molecule has 0 aliphatic carbocycles. The molecule has 0 saturated heterocycles. The van der Waals surface area contributed by atoms with Crippen LogP contribution in [-0.4, -0.2) is 40.6 Å². The van der Waals surface area contributed by atoms with Gasteiger partial charge >= 0.3 is 0 Å². The quantitative estimate of drug-likeness (QED) is 0.371. The predicted molar refractivity (Wildman–Crippen MR) is 146 cm³/mol. The van der Waals surface area contributed by atoms with Gasteiger partial charge in [-0.3, -0.25) is 19.0 Å². The van der Waals surface area contributed by atoms with E-state index in [0.29, 0.717) is 50.4 Å². The van der Waals surface area contributed by atoms with E-state index >= 15 is 0 Å². The van der Waals surface area contributed by atoms with Crippen molar-refractivity contribution < 1.29 is 19.1 Å². The van der Waals surface area contributed by atoms with Gasteiger partial charge in [0.1, 0.15) is 24.1 Å². The maximum atomic E-state index is 13.2. The molecule has 2 aromatic heterocycles. The number of aryl methyl sites for hydroxylation is 1. The molecule has 4 aromatic rings. The summed E-state index contributed by atoms with van der Waals surface area (Å²) in [4.78, 5) is 44.0. The minimum atomic E-state index is -0.367. The van der Waals surface area contributed by atoms with Crippen LogP contribution < -0.4 is 25.7 Å². The lowest BCUT2D eigenvalue weighted by Gasteiger charge is -2.26. The molecular formula is C28H28N4O5S. The van der Waals surface area contributed by atoms with Crippen LogP contribution in [0.3, 0.4) is 0 Å². The molecule has 2 N–H and O–H groups in total. The van der Waals surface area contributed by atoms with Crippen molar-refractivity contribution in [3.8, 4) is 11.5 Å². The number of amides is 2. The van der Waals surface area contributed by atoms with Crippen LogP contribution in [0.1, 0.15) is 40.6 Å². The van der Waals surface area contributed by atoms with E-state index in [0.717, 1.165) is 11.3 Å². The van der Waals surface area contributed by atoms with Crippen molar-refractivity contribution in [1.82, 2.24) is 14.9 Å². The maximum absolute atomic E-state index is 13.2. The van der Waals surface area contributed by atoms with Crippen molar-refractivity contribution in [2.24, 2.45) is 0 Å². The molecule has 0 bridgehead atoms. The number of aromatic nitrogens is 2. The number of hydrogen-bond acceptors (Lipinski definition) is 7. The molecule has 9 nitrogen and oxygen atoms in total. The highest BCUT2D eigenvalue weighted by Crippen LogP contribution is 2.31. The van der Waals surface area contributed by atoms with Gasteiger partial charge in [-0.25, -0.2) is 4.98 Å². The van der Waals surface area contributed by atoms with Crippen LogP contribution in [0.15, 0.2) is 59.7 Å². The third-order valence-electron chi connectivity index (χ3n) is 6.36.